The first kappa shape index (κ1) is 17.6. The minimum Gasteiger partial charge on any atom is -0.493 e. The fraction of sp³-hybridized carbons (Fsp3) is 0.471. The Morgan fingerprint density at radius 1 is 1.24 bits per heavy atom. The van der Waals surface area contributed by atoms with Crippen molar-refractivity contribution in [3.63, 3.8) is 0 Å². The lowest BCUT2D eigenvalue weighted by Gasteiger charge is -2.33. The van der Waals surface area contributed by atoms with Crippen molar-refractivity contribution >= 4 is 33.1 Å². The van der Waals surface area contributed by atoms with Crippen molar-refractivity contribution in [2.24, 2.45) is 5.92 Å². The number of nitrogens with zero attached hydrogens (tertiary/aromatic N) is 3. The summed E-state index contributed by atoms with van der Waals surface area (Å²) in [6.07, 6.45) is 3.45. The Labute approximate surface area is 149 Å². The quantitative estimate of drug-likeness (QED) is 0.626. The third-order valence-corrected chi connectivity index (χ3v) is 5.63. The lowest BCUT2D eigenvalue weighted by molar-refractivity contribution is 0.355. The molecule has 2 aromatic rings. The number of aromatic nitrogens is 2. The predicted octanol–water partition coefficient (Wildman–Crippen LogP) is 2.22. The molecule has 2 heterocycles. The van der Waals surface area contributed by atoms with Gasteiger partial charge in [0.2, 0.25) is 0 Å². The molecule has 0 radical (unpaired) electrons. The van der Waals surface area contributed by atoms with Crippen molar-refractivity contribution in [1.29, 1.82) is 5.41 Å². The van der Waals surface area contributed by atoms with Gasteiger partial charge >= 0.3 is 0 Å². The van der Waals surface area contributed by atoms with E-state index in [1.807, 2.05) is 12.1 Å². The predicted molar refractivity (Wildman–Crippen MR) is 99.4 cm³/mol. The van der Waals surface area contributed by atoms with Gasteiger partial charge < -0.3 is 14.4 Å². The molecule has 1 N–H and O–H groups in total. The molecular formula is C17H22N4O3S. The van der Waals surface area contributed by atoms with Gasteiger partial charge in [-0.05, 0) is 24.8 Å². The number of anilines is 1. The third kappa shape index (κ3) is 3.73. The molecule has 0 spiro atoms. The normalized spacial score (nSPS) is 16.6. The maximum Gasteiger partial charge on any atom is 0.162 e. The molecule has 1 aliphatic heterocycles. The third-order valence-electron chi connectivity index (χ3n) is 4.57. The molecule has 0 aliphatic carbocycles. The first-order valence-electron chi connectivity index (χ1n) is 8.15. The summed E-state index contributed by atoms with van der Waals surface area (Å²) >= 11 is 0. The smallest absolute Gasteiger partial charge is 0.162 e. The molecule has 134 valence electrons. The molecule has 0 saturated carbocycles. The Balaban J connectivity index is 1.84. The number of hydrogen-bond donors (Lipinski definition) is 1. The summed E-state index contributed by atoms with van der Waals surface area (Å²) in [6, 6.07) is 3.78. The van der Waals surface area contributed by atoms with Crippen molar-refractivity contribution in [1.82, 2.24) is 9.97 Å². The van der Waals surface area contributed by atoms with Crippen LogP contribution in [0.4, 0.5) is 5.82 Å². The zero-order chi connectivity index (χ0) is 17.8. The molecule has 1 aromatic carbocycles. The first-order chi connectivity index (χ1) is 12.2. The Hall–Kier alpha value is -2.22. The van der Waals surface area contributed by atoms with Crippen LogP contribution in [0.1, 0.15) is 12.8 Å². The molecule has 1 atom stereocenters. The molecule has 1 unspecified atom stereocenters. The monoisotopic (exact) mass is 362 g/mol. The van der Waals surface area contributed by atoms with Crippen LogP contribution in [-0.2, 0) is 10.8 Å². The molecule has 0 bridgehead atoms. The van der Waals surface area contributed by atoms with Gasteiger partial charge in [0, 0.05) is 30.3 Å². The van der Waals surface area contributed by atoms with Gasteiger partial charge in [-0.15, -0.1) is 0 Å². The zero-order valence-electron chi connectivity index (χ0n) is 14.4. The summed E-state index contributed by atoms with van der Waals surface area (Å²) in [5.41, 5.74) is 1.85. The average molecular weight is 362 g/mol. The first-order valence-corrected chi connectivity index (χ1v) is 9.54. The van der Waals surface area contributed by atoms with Crippen molar-refractivity contribution < 1.29 is 13.7 Å². The number of methoxy groups -OCH3 is 2. The Morgan fingerprint density at radius 3 is 2.56 bits per heavy atom. The Bertz CT molecular complexity index is 791. The minimum absolute atomic E-state index is 0.390. The van der Waals surface area contributed by atoms with E-state index in [9.17, 15) is 4.21 Å². The highest BCUT2D eigenvalue weighted by atomic mass is 32.2. The molecule has 1 aromatic heterocycles. The van der Waals surface area contributed by atoms with E-state index in [0.717, 1.165) is 48.2 Å². The number of fused-ring (bicyclic) bond motifs is 1. The molecule has 3 rings (SSSR count). The summed E-state index contributed by atoms with van der Waals surface area (Å²) in [4.78, 5) is 11.1. The largest absolute Gasteiger partial charge is 0.493 e. The van der Waals surface area contributed by atoms with E-state index < -0.39 is 10.8 Å². The van der Waals surface area contributed by atoms with Crippen molar-refractivity contribution in [3.8, 4) is 11.5 Å². The lowest BCUT2D eigenvalue weighted by atomic mass is 9.98. The van der Waals surface area contributed by atoms with E-state index >= 15 is 0 Å². The van der Waals surface area contributed by atoms with Gasteiger partial charge in [-0.3, -0.25) is 9.62 Å². The molecular weight excluding hydrogens is 340 g/mol. The maximum atomic E-state index is 11.5. The summed E-state index contributed by atoms with van der Waals surface area (Å²) in [5, 5.41) is 8.02. The molecule has 0 amide bonds. The molecule has 8 heteroatoms. The van der Waals surface area contributed by atoms with E-state index in [1.165, 1.54) is 0 Å². The van der Waals surface area contributed by atoms with E-state index in [1.54, 1.807) is 20.5 Å². The molecule has 1 fully saturated rings. The van der Waals surface area contributed by atoms with Gasteiger partial charge in [0.05, 0.1) is 36.1 Å². The summed E-state index contributed by atoms with van der Waals surface area (Å²) in [6.45, 7) is 1.70. The van der Waals surface area contributed by atoms with Crippen molar-refractivity contribution in [2.45, 2.75) is 12.8 Å². The number of rotatable bonds is 6. The van der Waals surface area contributed by atoms with E-state index in [4.69, 9.17) is 14.9 Å². The number of piperidine rings is 1. The van der Waals surface area contributed by atoms with Crippen molar-refractivity contribution in [2.75, 3.05) is 38.0 Å². The summed E-state index contributed by atoms with van der Waals surface area (Å²) in [5.74, 6) is 3.15. The molecule has 7 nitrogen and oxygen atoms in total. The van der Waals surface area contributed by atoms with Gasteiger partial charge in [-0.25, -0.2) is 9.97 Å². The SMILES string of the molecule is COc1cc2ncnc(N3CCC(CS(=O)C=N)CC3)c2cc1OC. The van der Waals surface area contributed by atoms with E-state index in [2.05, 4.69) is 14.9 Å². The molecule has 25 heavy (non-hydrogen) atoms. The summed E-state index contributed by atoms with van der Waals surface area (Å²) in [7, 11) is 2.08. The van der Waals surface area contributed by atoms with Gasteiger partial charge in [0.1, 0.15) is 12.1 Å². The van der Waals surface area contributed by atoms with Crippen LogP contribution in [-0.4, -0.2) is 52.8 Å². The van der Waals surface area contributed by atoms with Gasteiger partial charge in [0.25, 0.3) is 0 Å². The zero-order valence-corrected chi connectivity index (χ0v) is 15.2. The topological polar surface area (TPSA) is 88.4 Å². The van der Waals surface area contributed by atoms with Crippen LogP contribution in [0.25, 0.3) is 10.9 Å². The van der Waals surface area contributed by atoms with Crippen LogP contribution in [0.3, 0.4) is 0 Å². The number of benzene rings is 1. The minimum atomic E-state index is -1.14. The number of nitrogens with one attached hydrogen (secondary N) is 1. The fourth-order valence-corrected chi connectivity index (χ4v) is 4.11. The highest BCUT2D eigenvalue weighted by Crippen LogP contribution is 2.35. The number of ether oxygens (including phenoxy) is 2. The van der Waals surface area contributed by atoms with Gasteiger partial charge in [-0.2, -0.15) is 0 Å². The van der Waals surface area contributed by atoms with Gasteiger partial charge in [0.15, 0.2) is 11.5 Å². The second-order valence-electron chi connectivity index (χ2n) is 6.02. The van der Waals surface area contributed by atoms with Crippen LogP contribution in [0.2, 0.25) is 0 Å². The highest BCUT2D eigenvalue weighted by Gasteiger charge is 2.23. The van der Waals surface area contributed by atoms with E-state index in [0.29, 0.717) is 23.2 Å². The number of hydrogen-bond acceptors (Lipinski definition) is 7. The van der Waals surface area contributed by atoms with Crippen LogP contribution in [0.5, 0.6) is 11.5 Å². The second kappa shape index (κ2) is 7.77. The van der Waals surface area contributed by atoms with Crippen molar-refractivity contribution in [3.05, 3.63) is 18.5 Å². The Kier molecular flexibility index (Phi) is 5.47. The standard InChI is InChI=1S/C17H22N4O3S/c1-23-15-7-13-14(8-16(15)24-2)19-11-20-17(13)21-5-3-12(4-6-21)9-25(22)10-18/h7-8,10-12,18H,3-6,9H2,1-2H3. The molecule has 1 saturated heterocycles. The average Bonchev–Trinajstić information content (AvgIpc) is 2.66. The summed E-state index contributed by atoms with van der Waals surface area (Å²) < 4.78 is 22.3. The van der Waals surface area contributed by atoms with Crippen LogP contribution in [0.15, 0.2) is 18.5 Å². The van der Waals surface area contributed by atoms with E-state index in [-0.39, 0.29) is 0 Å². The van der Waals surface area contributed by atoms with Crippen LogP contribution in [0, 0.1) is 11.3 Å². The molecule has 1 aliphatic rings. The second-order valence-corrected chi connectivity index (χ2v) is 7.35. The van der Waals surface area contributed by atoms with Crippen LogP contribution >= 0.6 is 0 Å². The Morgan fingerprint density at radius 2 is 1.92 bits per heavy atom. The lowest BCUT2D eigenvalue weighted by Crippen LogP contribution is -2.36. The van der Waals surface area contributed by atoms with Gasteiger partial charge in [-0.1, -0.05) is 0 Å². The fourth-order valence-electron chi connectivity index (χ4n) is 3.21. The van der Waals surface area contributed by atoms with Crippen LogP contribution < -0.4 is 14.4 Å². The highest BCUT2D eigenvalue weighted by molar-refractivity contribution is 7.98. The maximum absolute atomic E-state index is 11.5.